The predicted octanol–water partition coefficient (Wildman–Crippen LogP) is 4.41. The van der Waals surface area contributed by atoms with Crippen molar-refractivity contribution in [3.8, 4) is 11.3 Å². The number of nitrogens with one attached hydrogen (secondary N) is 1. The first-order chi connectivity index (χ1) is 14.3. The molecule has 0 fully saturated rings. The minimum atomic E-state index is -0.502. The van der Waals surface area contributed by atoms with Gasteiger partial charge in [-0.25, -0.2) is 4.98 Å². The summed E-state index contributed by atoms with van der Waals surface area (Å²) in [6.45, 7) is 3.69. The number of nitrogens with zero attached hydrogens (tertiary/aromatic N) is 4. The van der Waals surface area contributed by atoms with Gasteiger partial charge < -0.3 is 5.32 Å². The standard InChI is InChI=1S/C22H19N5O3/c1-13-8-9-19(21(10-13)27(29)30)25-22(28)16-11-20(17-12-23-26(3)14(17)2)24-18-7-5-4-6-15(16)18/h4-12H,1-3H3,(H,25,28). The lowest BCUT2D eigenvalue weighted by Crippen LogP contribution is -2.14. The number of nitro groups is 1. The van der Waals surface area contributed by atoms with Gasteiger partial charge >= 0.3 is 0 Å². The van der Waals surface area contributed by atoms with Crippen molar-refractivity contribution < 1.29 is 9.72 Å². The van der Waals surface area contributed by atoms with Crippen LogP contribution in [0.5, 0.6) is 0 Å². The maximum Gasteiger partial charge on any atom is 0.293 e. The fourth-order valence-corrected chi connectivity index (χ4v) is 3.34. The number of benzene rings is 2. The van der Waals surface area contributed by atoms with Gasteiger partial charge in [0.1, 0.15) is 5.69 Å². The molecule has 0 radical (unpaired) electrons. The van der Waals surface area contributed by atoms with E-state index in [1.165, 1.54) is 6.07 Å². The number of hydrogen-bond donors (Lipinski definition) is 1. The van der Waals surface area contributed by atoms with E-state index >= 15 is 0 Å². The van der Waals surface area contributed by atoms with Gasteiger partial charge in [-0.3, -0.25) is 19.6 Å². The van der Waals surface area contributed by atoms with Gasteiger partial charge in [0.05, 0.1) is 27.9 Å². The van der Waals surface area contributed by atoms with Crippen LogP contribution >= 0.6 is 0 Å². The molecule has 0 bridgehead atoms. The predicted molar refractivity (Wildman–Crippen MR) is 114 cm³/mol. The van der Waals surface area contributed by atoms with Crippen molar-refractivity contribution in [3.05, 3.63) is 81.7 Å². The minimum absolute atomic E-state index is 0.148. The molecule has 8 nitrogen and oxygen atoms in total. The van der Waals surface area contributed by atoms with Gasteiger partial charge in [-0.15, -0.1) is 0 Å². The average molecular weight is 401 g/mol. The Morgan fingerprint density at radius 2 is 1.90 bits per heavy atom. The van der Waals surface area contributed by atoms with Crippen LogP contribution in [-0.4, -0.2) is 25.6 Å². The van der Waals surface area contributed by atoms with Crippen LogP contribution in [0.1, 0.15) is 21.6 Å². The molecular formula is C22H19N5O3. The molecule has 4 aromatic rings. The monoisotopic (exact) mass is 401 g/mol. The molecule has 2 heterocycles. The van der Waals surface area contributed by atoms with Gasteiger partial charge in [-0.1, -0.05) is 24.3 Å². The third kappa shape index (κ3) is 3.39. The summed E-state index contributed by atoms with van der Waals surface area (Å²) in [5.41, 5.74) is 4.12. The number of aromatic nitrogens is 3. The first-order valence-corrected chi connectivity index (χ1v) is 9.30. The van der Waals surface area contributed by atoms with E-state index in [0.29, 0.717) is 22.2 Å². The molecule has 0 unspecified atom stereocenters. The van der Waals surface area contributed by atoms with Crippen LogP contribution in [0.2, 0.25) is 0 Å². The van der Waals surface area contributed by atoms with Gasteiger partial charge in [0.25, 0.3) is 11.6 Å². The largest absolute Gasteiger partial charge is 0.316 e. The highest BCUT2D eigenvalue weighted by Gasteiger charge is 2.20. The summed E-state index contributed by atoms with van der Waals surface area (Å²) in [5.74, 6) is -0.441. The van der Waals surface area contributed by atoms with Gasteiger partial charge in [-0.2, -0.15) is 5.10 Å². The van der Waals surface area contributed by atoms with E-state index in [2.05, 4.69) is 15.4 Å². The number of fused-ring (bicyclic) bond motifs is 1. The fourth-order valence-electron chi connectivity index (χ4n) is 3.34. The summed E-state index contributed by atoms with van der Waals surface area (Å²) < 4.78 is 1.74. The van der Waals surface area contributed by atoms with Crippen molar-refractivity contribution >= 4 is 28.2 Å². The second-order valence-corrected chi connectivity index (χ2v) is 7.07. The lowest BCUT2D eigenvalue weighted by molar-refractivity contribution is -0.384. The minimum Gasteiger partial charge on any atom is -0.316 e. The molecule has 2 aromatic heterocycles. The van der Waals surface area contributed by atoms with Crippen molar-refractivity contribution in [1.29, 1.82) is 0 Å². The smallest absolute Gasteiger partial charge is 0.293 e. The molecule has 1 N–H and O–H groups in total. The highest BCUT2D eigenvalue weighted by Crippen LogP contribution is 2.29. The zero-order valence-electron chi connectivity index (χ0n) is 16.7. The number of hydrogen-bond acceptors (Lipinski definition) is 5. The average Bonchev–Trinajstić information content (AvgIpc) is 3.06. The van der Waals surface area contributed by atoms with E-state index in [4.69, 9.17) is 0 Å². The second-order valence-electron chi connectivity index (χ2n) is 7.07. The Morgan fingerprint density at radius 1 is 1.13 bits per heavy atom. The molecule has 4 rings (SSSR count). The lowest BCUT2D eigenvalue weighted by Gasteiger charge is -2.11. The van der Waals surface area contributed by atoms with E-state index in [9.17, 15) is 14.9 Å². The van der Waals surface area contributed by atoms with E-state index < -0.39 is 10.8 Å². The molecule has 0 spiro atoms. The topological polar surface area (TPSA) is 103 Å². The molecule has 1 amide bonds. The van der Waals surface area contributed by atoms with Gasteiger partial charge in [-0.05, 0) is 37.6 Å². The molecule has 0 saturated carbocycles. The number of amides is 1. The third-order valence-corrected chi connectivity index (χ3v) is 5.07. The van der Waals surface area contributed by atoms with Gasteiger partial charge in [0.15, 0.2) is 0 Å². The Kier molecular flexibility index (Phi) is 4.75. The normalized spacial score (nSPS) is 10.9. The van der Waals surface area contributed by atoms with Crippen molar-refractivity contribution in [2.24, 2.45) is 7.05 Å². The van der Waals surface area contributed by atoms with E-state index in [1.807, 2.05) is 32.2 Å². The van der Waals surface area contributed by atoms with Crippen LogP contribution in [0.15, 0.2) is 54.7 Å². The number of carbonyl (C=O) groups is 1. The summed E-state index contributed by atoms with van der Waals surface area (Å²) in [7, 11) is 1.84. The molecule has 0 aliphatic carbocycles. The summed E-state index contributed by atoms with van der Waals surface area (Å²) in [6, 6.07) is 13.7. The number of nitro benzene ring substituents is 1. The van der Waals surface area contributed by atoms with Crippen molar-refractivity contribution in [1.82, 2.24) is 14.8 Å². The molecule has 150 valence electrons. The molecular weight excluding hydrogens is 382 g/mol. The maximum absolute atomic E-state index is 13.2. The van der Waals surface area contributed by atoms with E-state index in [1.54, 1.807) is 42.1 Å². The summed E-state index contributed by atoms with van der Waals surface area (Å²) in [6.07, 6.45) is 1.71. The number of para-hydroxylation sites is 1. The maximum atomic E-state index is 13.2. The molecule has 0 aliphatic heterocycles. The zero-order chi connectivity index (χ0) is 21.4. The van der Waals surface area contributed by atoms with Crippen LogP contribution in [-0.2, 0) is 7.05 Å². The molecule has 0 aliphatic rings. The van der Waals surface area contributed by atoms with Crippen molar-refractivity contribution in [3.63, 3.8) is 0 Å². The fraction of sp³-hybridized carbons (Fsp3) is 0.136. The van der Waals surface area contributed by atoms with Crippen LogP contribution in [0.4, 0.5) is 11.4 Å². The van der Waals surface area contributed by atoms with E-state index in [-0.39, 0.29) is 11.4 Å². The number of aryl methyl sites for hydroxylation is 2. The third-order valence-electron chi connectivity index (χ3n) is 5.07. The van der Waals surface area contributed by atoms with Crippen molar-refractivity contribution in [2.45, 2.75) is 13.8 Å². The number of anilines is 1. The number of rotatable bonds is 4. The highest BCUT2D eigenvalue weighted by molar-refractivity contribution is 6.13. The Bertz CT molecular complexity index is 1310. The van der Waals surface area contributed by atoms with Crippen LogP contribution in [0.3, 0.4) is 0 Å². The molecule has 0 saturated heterocycles. The Hall–Kier alpha value is -4.07. The Balaban J connectivity index is 1.83. The summed E-state index contributed by atoms with van der Waals surface area (Å²) in [5, 5.41) is 19.0. The van der Waals surface area contributed by atoms with Crippen LogP contribution in [0, 0.1) is 24.0 Å². The van der Waals surface area contributed by atoms with Gasteiger partial charge in [0, 0.05) is 29.8 Å². The number of carbonyl (C=O) groups excluding carboxylic acids is 1. The van der Waals surface area contributed by atoms with Crippen LogP contribution < -0.4 is 5.32 Å². The highest BCUT2D eigenvalue weighted by atomic mass is 16.6. The second kappa shape index (κ2) is 7.40. The Labute approximate surface area is 172 Å². The zero-order valence-corrected chi connectivity index (χ0v) is 16.7. The van der Waals surface area contributed by atoms with Crippen LogP contribution in [0.25, 0.3) is 22.2 Å². The lowest BCUT2D eigenvalue weighted by atomic mass is 10.0. The molecule has 2 aromatic carbocycles. The van der Waals surface area contributed by atoms with Crippen molar-refractivity contribution in [2.75, 3.05) is 5.32 Å². The summed E-state index contributed by atoms with van der Waals surface area (Å²) in [4.78, 5) is 28.8. The van der Waals surface area contributed by atoms with E-state index in [0.717, 1.165) is 16.8 Å². The molecule has 0 atom stereocenters. The molecule has 8 heteroatoms. The quantitative estimate of drug-likeness (QED) is 0.403. The first-order valence-electron chi connectivity index (χ1n) is 9.30. The molecule has 30 heavy (non-hydrogen) atoms. The number of pyridine rings is 1. The Morgan fingerprint density at radius 3 is 2.60 bits per heavy atom. The van der Waals surface area contributed by atoms with Gasteiger partial charge in [0.2, 0.25) is 0 Å². The first kappa shape index (κ1) is 19.3. The SMILES string of the molecule is Cc1ccc(NC(=O)c2cc(-c3cnn(C)c3C)nc3ccccc23)c([N+](=O)[O-])c1. The summed E-state index contributed by atoms with van der Waals surface area (Å²) >= 11 is 0.